The zero-order valence-electron chi connectivity index (χ0n) is 76.6. The lowest BCUT2D eigenvalue weighted by Gasteiger charge is -2.10. The topological polar surface area (TPSA) is 0 Å². The molecule has 0 aromatic carbocycles. The van der Waals surface area contributed by atoms with Crippen LogP contribution in [0.3, 0.4) is 0 Å². The molecule has 0 amide bonds. The molecule has 0 radical (unpaired) electrons. The Morgan fingerprint density at radius 3 is 0.245 bits per heavy atom. The molecule has 0 aliphatic rings. The van der Waals surface area contributed by atoms with E-state index >= 15 is 0 Å². The summed E-state index contributed by atoms with van der Waals surface area (Å²) in [5.74, 6) is 5.85. The Kier molecular flexibility index (Phi) is 121. The Morgan fingerprint density at radius 2 is 0.147 bits per heavy atom. The molecule has 0 bridgehead atoms. The van der Waals surface area contributed by atoms with Gasteiger partial charge in [-0.15, -0.1) is 0 Å². The van der Waals surface area contributed by atoms with Gasteiger partial charge in [0.25, 0.3) is 0 Å². The second-order valence-corrected chi connectivity index (χ2v) is 35.2. The second kappa shape index (κ2) is 110. The van der Waals surface area contributed by atoms with E-state index in [1.807, 2.05) is 0 Å². The fraction of sp³-hybridized carbons (Fsp3) is 1.00. The Morgan fingerprint density at radius 1 is 0.0882 bits per heavy atom. The van der Waals surface area contributed by atoms with E-state index < -0.39 is 0 Å². The van der Waals surface area contributed by atoms with E-state index in [-0.39, 0.29) is 0 Å². The van der Waals surface area contributed by atoms with Crippen molar-refractivity contribution in [3.8, 4) is 0 Å². The van der Waals surface area contributed by atoms with Crippen molar-refractivity contribution in [2.24, 2.45) is 35.5 Å². The lowest BCUT2D eigenvalue weighted by molar-refractivity contribution is 0.432. The Hall–Kier alpha value is 0. The fourth-order valence-corrected chi connectivity index (χ4v) is 15.1. The van der Waals surface area contributed by atoms with Crippen molar-refractivity contribution in [3.05, 3.63) is 0 Å². The van der Waals surface area contributed by atoms with Crippen LogP contribution in [-0.2, 0) is 0 Å². The van der Waals surface area contributed by atoms with Crippen molar-refractivity contribution in [3.63, 3.8) is 0 Å². The SMILES string of the molecule is CCCCCCCCC(C)CCCCCCC.CCCCCCCCC(C)CCCCCCC.CCCCCCCCCC(C)CCCCCC.CCCCCCCCCC(C)CCCCCC.CCCCCCCCCCC(C)CCCCC.CCCCCCCCCCC(C)CCCCC. The largest absolute Gasteiger partial charge is 0.0654 e. The van der Waals surface area contributed by atoms with Crippen molar-refractivity contribution in [1.82, 2.24) is 0 Å². The molecule has 0 fully saturated rings. The van der Waals surface area contributed by atoms with Gasteiger partial charge in [-0.2, -0.15) is 0 Å². The van der Waals surface area contributed by atoms with Gasteiger partial charge in [-0.25, -0.2) is 0 Å². The van der Waals surface area contributed by atoms with Crippen LogP contribution in [0.1, 0.15) is 625 Å². The predicted molar refractivity (Wildman–Crippen MR) is 483 cm³/mol. The molecule has 0 aliphatic carbocycles. The molecule has 624 valence electrons. The lowest BCUT2D eigenvalue weighted by Crippen LogP contribution is -1.95. The van der Waals surface area contributed by atoms with Crippen molar-refractivity contribution >= 4 is 0 Å². The van der Waals surface area contributed by atoms with E-state index in [0.29, 0.717) is 0 Å². The highest BCUT2D eigenvalue weighted by Crippen LogP contribution is 2.24. The van der Waals surface area contributed by atoms with Crippen LogP contribution in [0.25, 0.3) is 0 Å². The summed E-state index contributed by atoms with van der Waals surface area (Å²) in [6.07, 6.45) is 113. The van der Waals surface area contributed by atoms with E-state index in [9.17, 15) is 0 Å². The van der Waals surface area contributed by atoms with Gasteiger partial charge in [0, 0.05) is 0 Å². The molecule has 0 rings (SSSR count). The highest BCUT2D eigenvalue weighted by Gasteiger charge is 2.08. The molecule has 0 heteroatoms. The maximum absolute atomic E-state index is 2.45. The minimum absolute atomic E-state index is 0.974. The van der Waals surface area contributed by atoms with Gasteiger partial charge in [-0.05, 0) is 35.5 Å². The summed E-state index contributed by atoms with van der Waals surface area (Å²) in [5.41, 5.74) is 0. The Balaban J connectivity index is -0.000000271. The highest BCUT2D eigenvalue weighted by atomic mass is 14.1. The summed E-state index contributed by atoms with van der Waals surface area (Å²) >= 11 is 0. The average Bonchev–Trinajstić information content (AvgIpc) is 3.26. The molecule has 0 saturated carbocycles. The summed E-state index contributed by atoms with van der Waals surface area (Å²) in [4.78, 5) is 0. The highest BCUT2D eigenvalue weighted by molar-refractivity contribution is 4.62. The van der Waals surface area contributed by atoms with Crippen molar-refractivity contribution in [2.45, 2.75) is 625 Å². The van der Waals surface area contributed by atoms with Crippen LogP contribution in [0.4, 0.5) is 0 Å². The maximum Gasteiger partial charge on any atom is -0.0443 e. The second-order valence-electron chi connectivity index (χ2n) is 35.2. The minimum atomic E-state index is 0.974. The van der Waals surface area contributed by atoms with E-state index in [1.165, 1.54) is 501 Å². The van der Waals surface area contributed by atoms with Gasteiger partial charge in [-0.3, -0.25) is 0 Å². The lowest BCUT2D eigenvalue weighted by atomic mass is 9.96. The molecular weight excluding hydrogens is 1230 g/mol. The molecular formula is C102H216. The first-order valence-electron chi connectivity index (χ1n) is 49.8. The van der Waals surface area contributed by atoms with Gasteiger partial charge in [0.05, 0.1) is 0 Å². The van der Waals surface area contributed by atoms with Gasteiger partial charge in [0.1, 0.15) is 0 Å². The zero-order valence-corrected chi connectivity index (χ0v) is 76.6. The molecule has 0 N–H and O–H groups in total. The first-order chi connectivity index (χ1) is 49.8. The van der Waals surface area contributed by atoms with Crippen molar-refractivity contribution in [2.75, 3.05) is 0 Å². The summed E-state index contributed by atoms with van der Waals surface area (Å²) in [6.45, 7) is 42.2. The van der Waals surface area contributed by atoms with Gasteiger partial charge >= 0.3 is 0 Å². The molecule has 102 heavy (non-hydrogen) atoms. The fourth-order valence-electron chi connectivity index (χ4n) is 15.1. The van der Waals surface area contributed by atoms with Gasteiger partial charge in [0.15, 0.2) is 0 Å². The predicted octanol–water partition coefficient (Wildman–Crippen LogP) is 40.4. The average molecular weight is 1440 g/mol. The van der Waals surface area contributed by atoms with Crippen molar-refractivity contribution < 1.29 is 0 Å². The molecule has 0 aliphatic heterocycles. The monoisotopic (exact) mass is 1440 g/mol. The van der Waals surface area contributed by atoms with Crippen LogP contribution in [0.15, 0.2) is 0 Å². The third-order valence-electron chi connectivity index (χ3n) is 23.1. The Bertz CT molecular complexity index is 1170. The number of hydrogen-bond donors (Lipinski definition) is 0. The molecule has 6 atom stereocenters. The molecule has 0 heterocycles. The minimum Gasteiger partial charge on any atom is -0.0654 e. The van der Waals surface area contributed by atoms with E-state index in [0.717, 1.165) is 35.5 Å². The summed E-state index contributed by atoms with van der Waals surface area (Å²) in [7, 11) is 0. The van der Waals surface area contributed by atoms with Crippen LogP contribution in [0, 0.1) is 35.5 Å². The quantitative estimate of drug-likeness (QED) is 0.0533. The molecule has 0 spiro atoms. The van der Waals surface area contributed by atoms with Crippen LogP contribution in [-0.4, -0.2) is 0 Å². The summed E-state index contributed by atoms with van der Waals surface area (Å²) in [6, 6.07) is 0. The normalized spacial score (nSPS) is 12.9. The first kappa shape index (κ1) is 113. The number of hydrogen-bond acceptors (Lipinski definition) is 0. The van der Waals surface area contributed by atoms with Crippen LogP contribution < -0.4 is 0 Å². The third kappa shape index (κ3) is 121. The summed E-state index contributed by atoms with van der Waals surface area (Å²) < 4.78 is 0. The first-order valence-corrected chi connectivity index (χ1v) is 49.8. The molecule has 0 aromatic heterocycles. The van der Waals surface area contributed by atoms with E-state index in [1.54, 1.807) is 0 Å². The van der Waals surface area contributed by atoms with Gasteiger partial charge in [0.2, 0.25) is 0 Å². The van der Waals surface area contributed by atoms with Crippen LogP contribution in [0.5, 0.6) is 0 Å². The number of unbranched alkanes of at least 4 members (excludes halogenated alkanes) is 54. The van der Waals surface area contributed by atoms with Gasteiger partial charge in [-0.1, -0.05) is 625 Å². The molecule has 0 saturated heterocycles. The molecule has 0 aromatic rings. The van der Waals surface area contributed by atoms with Crippen molar-refractivity contribution in [1.29, 1.82) is 0 Å². The van der Waals surface area contributed by atoms with E-state index in [2.05, 4.69) is 125 Å². The summed E-state index contributed by atoms with van der Waals surface area (Å²) in [5, 5.41) is 0. The smallest absolute Gasteiger partial charge is 0.0443 e. The molecule has 0 nitrogen and oxygen atoms in total. The third-order valence-corrected chi connectivity index (χ3v) is 23.1. The molecule has 6 unspecified atom stereocenters. The van der Waals surface area contributed by atoms with Gasteiger partial charge < -0.3 is 0 Å². The van der Waals surface area contributed by atoms with Crippen LogP contribution >= 0.6 is 0 Å². The maximum atomic E-state index is 2.45. The van der Waals surface area contributed by atoms with Crippen LogP contribution in [0.2, 0.25) is 0 Å². The number of rotatable bonds is 78. The Labute approximate surface area is 657 Å². The van der Waals surface area contributed by atoms with E-state index in [4.69, 9.17) is 0 Å². The standard InChI is InChI=1S/6C17H36/c2*1-4-6-8-9-10-11-12-14-16-17(3)15-13-7-5-2;2*1-4-6-8-10-11-12-14-16-17(3)15-13-9-7-5-2;2*1-4-6-8-10-12-14-16-17(3)15-13-11-9-7-5-2/h6*17H,4-16H2,1-3H3. The zero-order chi connectivity index (χ0) is 76.6.